The van der Waals surface area contributed by atoms with Gasteiger partial charge in [0.25, 0.3) is 6.04 Å². The van der Waals surface area contributed by atoms with Crippen LogP contribution in [0, 0.1) is 10.1 Å². The summed E-state index contributed by atoms with van der Waals surface area (Å²) in [5, 5.41) is 19.1. The summed E-state index contributed by atoms with van der Waals surface area (Å²) in [6.07, 6.45) is -10.6. The molecule has 5 aromatic rings. The Bertz CT molecular complexity index is 2660. The van der Waals surface area contributed by atoms with Gasteiger partial charge in [0.05, 0.1) is 52.9 Å². The van der Waals surface area contributed by atoms with Crippen LogP contribution in [0.3, 0.4) is 0 Å². The van der Waals surface area contributed by atoms with Crippen molar-refractivity contribution in [2.24, 2.45) is 0 Å². The second kappa shape index (κ2) is 29.7. The van der Waals surface area contributed by atoms with Crippen molar-refractivity contribution < 1.29 is 71.4 Å². The second-order valence-electron chi connectivity index (χ2n) is 21.5. The molecule has 19 nitrogen and oxygen atoms in total. The van der Waals surface area contributed by atoms with Crippen LogP contribution in [0.1, 0.15) is 76.3 Å². The van der Waals surface area contributed by atoms with Crippen LogP contribution in [0.15, 0.2) is 152 Å². The van der Waals surface area contributed by atoms with Crippen molar-refractivity contribution in [1.82, 2.24) is 10.6 Å². The maximum absolute atomic E-state index is 13.8. The number of carbonyl (C=O) groups is 3. The number of hydrogen-bond donors (Lipinski definition) is 2. The van der Waals surface area contributed by atoms with E-state index in [1.807, 2.05) is 152 Å². The monoisotopic (exact) mass is 1110 g/mol. The highest BCUT2D eigenvalue weighted by molar-refractivity contribution is 5.82. The molecule has 5 aromatic carbocycles. The van der Waals surface area contributed by atoms with Crippen LogP contribution in [-0.2, 0) is 94.7 Å². The van der Waals surface area contributed by atoms with E-state index in [0.717, 1.165) is 22.3 Å². The van der Waals surface area contributed by atoms with Crippen molar-refractivity contribution in [1.29, 1.82) is 0 Å². The van der Waals surface area contributed by atoms with Crippen molar-refractivity contribution in [3.63, 3.8) is 0 Å². The Hall–Kier alpha value is -6.65. The van der Waals surface area contributed by atoms with Gasteiger partial charge < -0.3 is 62.7 Å². The molecule has 0 aromatic heterocycles. The van der Waals surface area contributed by atoms with E-state index in [9.17, 15) is 24.5 Å². The third kappa shape index (κ3) is 19.3. The Labute approximate surface area is 467 Å². The summed E-state index contributed by atoms with van der Waals surface area (Å²) in [6.45, 7) is 10.6. The average molecular weight is 1110 g/mol. The number of benzene rings is 5. The molecule has 2 amide bonds. The molecule has 2 aliphatic rings. The van der Waals surface area contributed by atoms with E-state index < -0.39 is 115 Å². The zero-order valence-electron chi connectivity index (χ0n) is 46.4. The number of alkyl carbamates (subject to hydrolysis) is 1. The predicted octanol–water partition coefficient (Wildman–Crippen LogP) is 8.41. The molecule has 7 rings (SSSR count). The lowest BCUT2D eigenvalue weighted by Gasteiger charge is -2.47. The van der Waals surface area contributed by atoms with E-state index >= 15 is 0 Å². The van der Waals surface area contributed by atoms with Gasteiger partial charge in [0.15, 0.2) is 18.4 Å². The van der Waals surface area contributed by atoms with Gasteiger partial charge in [-0.3, -0.25) is 14.9 Å². The normalized spacial score (nSPS) is 23.5. The Balaban J connectivity index is 1.26. The van der Waals surface area contributed by atoms with Crippen molar-refractivity contribution in [3.8, 4) is 0 Å². The van der Waals surface area contributed by atoms with Crippen LogP contribution in [0.25, 0.3) is 0 Å². The standard InChI is InChI=1S/C61H75N3O16/c1-41(65)62-50-54(73-36-45-29-19-11-20-30-45)52(71-34-43-25-15-9-16-26-43)48(39-70-33-42-23-13-8-14-24-42)77-57(50)76-40-49-53(72-35-44-27-17-10-18-28-44)55(74-37-46-31-21-12-22-32-46)51(64(68)69)58(78-49)75-38-47(56(66)79-60(2,3)4)63-59(67)80-61(5,6)7/h8-32,47-55,57-58H,33-40H2,1-7H3,(H,62,65)(H,63,67)/t47-,48+,49+,50+,51+,52+,53-,54+,55+,57+,58-/m0/s1. The van der Waals surface area contributed by atoms with E-state index in [1.54, 1.807) is 41.5 Å². The summed E-state index contributed by atoms with van der Waals surface area (Å²) in [4.78, 5) is 53.3. The maximum atomic E-state index is 13.8. The molecule has 0 spiro atoms. The fourth-order valence-electron chi connectivity index (χ4n) is 9.05. The number of nitrogens with zero attached hydrogens (tertiary/aromatic N) is 1. The minimum atomic E-state index is -1.79. The summed E-state index contributed by atoms with van der Waals surface area (Å²) in [5.74, 6) is -1.32. The molecule has 430 valence electrons. The predicted molar refractivity (Wildman–Crippen MR) is 293 cm³/mol. The average Bonchev–Trinajstić information content (AvgIpc) is 3.46. The van der Waals surface area contributed by atoms with Crippen LogP contribution < -0.4 is 10.6 Å². The number of esters is 1. The third-order valence-electron chi connectivity index (χ3n) is 12.6. The Morgan fingerprint density at radius 1 is 0.525 bits per heavy atom. The topological polar surface area (TPSA) is 220 Å². The van der Waals surface area contributed by atoms with Gasteiger partial charge in [0.2, 0.25) is 12.2 Å². The molecule has 0 unspecified atom stereocenters. The maximum Gasteiger partial charge on any atom is 0.408 e. The summed E-state index contributed by atoms with van der Waals surface area (Å²) in [6, 6.07) is 42.8. The molecule has 2 heterocycles. The van der Waals surface area contributed by atoms with Gasteiger partial charge in [0.1, 0.15) is 47.8 Å². The minimum Gasteiger partial charge on any atom is -0.458 e. The molecular formula is C61H75N3O16. The van der Waals surface area contributed by atoms with Crippen LogP contribution >= 0.6 is 0 Å². The van der Waals surface area contributed by atoms with Gasteiger partial charge in [-0.15, -0.1) is 0 Å². The molecule has 0 bridgehead atoms. The molecule has 2 fully saturated rings. The van der Waals surface area contributed by atoms with Gasteiger partial charge in [0, 0.05) is 11.8 Å². The quantitative estimate of drug-likeness (QED) is 0.0302. The molecule has 19 heteroatoms. The summed E-state index contributed by atoms with van der Waals surface area (Å²) in [5.41, 5.74) is 2.18. The van der Waals surface area contributed by atoms with Gasteiger partial charge in [-0.2, -0.15) is 0 Å². The van der Waals surface area contributed by atoms with Crippen LogP contribution in [0.5, 0.6) is 0 Å². The van der Waals surface area contributed by atoms with Crippen LogP contribution in [-0.4, -0.2) is 121 Å². The lowest BCUT2D eigenvalue weighted by Crippen LogP contribution is -2.67. The van der Waals surface area contributed by atoms with E-state index in [1.165, 1.54) is 6.92 Å². The Morgan fingerprint density at radius 3 is 1.36 bits per heavy atom. The van der Waals surface area contributed by atoms with E-state index in [0.29, 0.717) is 5.56 Å². The first-order chi connectivity index (χ1) is 38.4. The molecule has 2 saturated heterocycles. The SMILES string of the molecule is CC(=O)N[C@H]1[C@H](OC[C@H]2O[C@H](OC[C@H](NC(=O)OC(C)(C)C)C(=O)OC(C)(C)C)[C@H]([N+](=O)[O-])[C@@H](OCc3ccccc3)[C@H]2OCc2ccccc2)O[C@H](COCc2ccccc2)[C@@H](OCc2ccccc2)[C@@H]1OCc1ccccc1. The molecule has 11 atom stereocenters. The highest BCUT2D eigenvalue weighted by Gasteiger charge is 2.56. The number of nitro groups is 1. The molecular weight excluding hydrogens is 1030 g/mol. The minimum absolute atomic E-state index is 0.000907. The zero-order valence-corrected chi connectivity index (χ0v) is 46.4. The summed E-state index contributed by atoms with van der Waals surface area (Å²) >= 11 is 0. The van der Waals surface area contributed by atoms with Crippen LogP contribution in [0.4, 0.5) is 4.79 Å². The van der Waals surface area contributed by atoms with Gasteiger partial charge in [-0.25, -0.2) is 9.59 Å². The second-order valence-corrected chi connectivity index (χ2v) is 21.5. The largest absolute Gasteiger partial charge is 0.458 e. The first-order valence-electron chi connectivity index (χ1n) is 26.8. The van der Waals surface area contributed by atoms with Gasteiger partial charge >= 0.3 is 12.1 Å². The highest BCUT2D eigenvalue weighted by Crippen LogP contribution is 2.34. The number of carbonyl (C=O) groups excluding carboxylic acids is 3. The van der Waals surface area contributed by atoms with Crippen molar-refractivity contribution >= 4 is 18.0 Å². The fourth-order valence-corrected chi connectivity index (χ4v) is 9.05. The number of nitrogens with one attached hydrogen (secondary N) is 2. The lowest BCUT2D eigenvalue weighted by atomic mass is 9.95. The third-order valence-corrected chi connectivity index (χ3v) is 12.6. The van der Waals surface area contributed by atoms with Gasteiger partial charge in [-0.1, -0.05) is 152 Å². The molecule has 0 radical (unpaired) electrons. The van der Waals surface area contributed by atoms with Gasteiger partial charge in [-0.05, 0) is 69.4 Å². The van der Waals surface area contributed by atoms with Crippen molar-refractivity contribution in [3.05, 3.63) is 190 Å². The van der Waals surface area contributed by atoms with E-state index in [-0.39, 0.29) is 39.6 Å². The first-order valence-corrected chi connectivity index (χ1v) is 26.8. The smallest absolute Gasteiger partial charge is 0.408 e. The molecule has 80 heavy (non-hydrogen) atoms. The van der Waals surface area contributed by atoms with Crippen LogP contribution in [0.2, 0.25) is 0 Å². The molecule has 2 aliphatic heterocycles. The summed E-state index contributed by atoms with van der Waals surface area (Å²) < 4.78 is 70.9. The number of rotatable bonds is 26. The number of amides is 2. The van der Waals surface area contributed by atoms with E-state index in [4.69, 9.17) is 52.1 Å². The first kappa shape index (κ1) is 61.0. The Morgan fingerprint density at radius 2 is 0.925 bits per heavy atom. The fraction of sp³-hybridized carbons (Fsp3) is 0.459. The molecule has 0 saturated carbocycles. The zero-order chi connectivity index (χ0) is 57.1. The van der Waals surface area contributed by atoms with Crippen molar-refractivity contribution in [2.45, 2.75) is 160 Å². The lowest BCUT2D eigenvalue weighted by molar-refractivity contribution is -0.577. The Kier molecular flexibility index (Phi) is 22.6. The van der Waals surface area contributed by atoms with Crippen molar-refractivity contribution in [2.75, 3.05) is 19.8 Å². The van der Waals surface area contributed by atoms with E-state index in [2.05, 4.69) is 10.6 Å². The molecule has 0 aliphatic carbocycles. The summed E-state index contributed by atoms with van der Waals surface area (Å²) in [7, 11) is 0. The molecule has 2 N–H and O–H groups in total. The number of hydrogen-bond acceptors (Lipinski definition) is 16. The highest BCUT2D eigenvalue weighted by atomic mass is 16.7. The number of ether oxygens (including phenoxy) is 11.